The van der Waals surface area contributed by atoms with Crippen molar-refractivity contribution in [1.29, 1.82) is 0 Å². The highest BCUT2D eigenvalue weighted by Crippen LogP contribution is 2.26. The summed E-state index contributed by atoms with van der Waals surface area (Å²) in [6, 6.07) is 0.764. The molecule has 0 spiro atoms. The molecule has 2 aliphatic heterocycles. The minimum atomic E-state index is -0.484. The predicted octanol–water partition coefficient (Wildman–Crippen LogP) is 2.33. The summed E-state index contributed by atoms with van der Waals surface area (Å²) in [5.74, 6) is 2.12. The van der Waals surface area contributed by atoms with Crippen LogP contribution in [-0.2, 0) is 9.59 Å². The fraction of sp³-hybridized carbons (Fsp3) is 0.800. The van der Waals surface area contributed by atoms with Crippen LogP contribution >= 0.6 is 11.8 Å². The number of piperidine rings is 1. The molecule has 146 valence electrons. The summed E-state index contributed by atoms with van der Waals surface area (Å²) in [5.41, 5.74) is 1.42. The van der Waals surface area contributed by atoms with Gasteiger partial charge in [0.2, 0.25) is 0 Å². The molecule has 1 atom stereocenters. The van der Waals surface area contributed by atoms with Crippen LogP contribution < -0.4 is 10.6 Å². The molecule has 2 heterocycles. The van der Waals surface area contributed by atoms with Crippen molar-refractivity contribution in [2.24, 2.45) is 5.92 Å². The number of amides is 2. The molecule has 0 aromatic heterocycles. The molecule has 3 aliphatic rings. The van der Waals surface area contributed by atoms with Gasteiger partial charge < -0.3 is 10.6 Å². The summed E-state index contributed by atoms with van der Waals surface area (Å²) in [5, 5.41) is 5.60. The third-order valence-corrected chi connectivity index (χ3v) is 7.09. The third kappa shape index (κ3) is 6.02. The normalized spacial score (nSPS) is 24.9. The molecule has 2 amide bonds. The van der Waals surface area contributed by atoms with Gasteiger partial charge >= 0.3 is 11.8 Å². The lowest BCUT2D eigenvalue weighted by Crippen LogP contribution is -2.46. The van der Waals surface area contributed by atoms with E-state index in [9.17, 15) is 9.59 Å². The first-order valence-electron chi connectivity index (χ1n) is 10.3. The third-order valence-electron chi connectivity index (χ3n) is 5.95. The van der Waals surface area contributed by atoms with Crippen molar-refractivity contribution in [2.75, 3.05) is 37.7 Å². The van der Waals surface area contributed by atoms with Crippen molar-refractivity contribution in [1.82, 2.24) is 15.5 Å². The summed E-state index contributed by atoms with van der Waals surface area (Å²) in [4.78, 5) is 26.5. The Morgan fingerprint density at radius 3 is 2.62 bits per heavy atom. The van der Waals surface area contributed by atoms with Gasteiger partial charge in [0, 0.05) is 24.9 Å². The highest BCUT2D eigenvalue weighted by Gasteiger charge is 2.27. The van der Waals surface area contributed by atoms with Gasteiger partial charge in [-0.15, -0.1) is 0 Å². The van der Waals surface area contributed by atoms with E-state index in [1.54, 1.807) is 0 Å². The number of hydrogen-bond acceptors (Lipinski definition) is 4. The summed E-state index contributed by atoms with van der Waals surface area (Å²) in [6.45, 7) is 3.46. The Hall–Kier alpha value is -1.01. The Labute approximate surface area is 161 Å². The number of carbonyl (C=O) groups is 2. The SMILES string of the molecule is O=C(NCCC1=CCCCC1)C(=O)NCC1CCN(C2CCSC2)CC1. The second-order valence-corrected chi connectivity index (χ2v) is 8.97. The average Bonchev–Trinajstić information content (AvgIpc) is 3.22. The molecule has 2 saturated heterocycles. The minimum Gasteiger partial charge on any atom is -0.348 e. The zero-order valence-corrected chi connectivity index (χ0v) is 16.6. The van der Waals surface area contributed by atoms with Gasteiger partial charge in [-0.05, 0) is 76.1 Å². The summed E-state index contributed by atoms with van der Waals surface area (Å²) in [7, 11) is 0. The van der Waals surface area contributed by atoms with E-state index in [1.807, 2.05) is 0 Å². The van der Waals surface area contributed by atoms with E-state index < -0.39 is 11.8 Å². The van der Waals surface area contributed by atoms with Crippen LogP contribution in [0.4, 0.5) is 0 Å². The zero-order chi connectivity index (χ0) is 18.2. The van der Waals surface area contributed by atoms with Crippen molar-refractivity contribution in [3.63, 3.8) is 0 Å². The number of thioether (sulfide) groups is 1. The van der Waals surface area contributed by atoms with Crippen LogP contribution in [-0.4, -0.2) is 60.4 Å². The van der Waals surface area contributed by atoms with E-state index in [0.717, 1.165) is 51.2 Å². The Morgan fingerprint density at radius 2 is 1.92 bits per heavy atom. The quantitative estimate of drug-likeness (QED) is 0.549. The van der Waals surface area contributed by atoms with Gasteiger partial charge in [-0.2, -0.15) is 11.8 Å². The van der Waals surface area contributed by atoms with Crippen LogP contribution in [0.3, 0.4) is 0 Å². The molecule has 2 N–H and O–H groups in total. The minimum absolute atomic E-state index is 0.475. The number of carbonyl (C=O) groups excluding carboxylic acids is 2. The molecule has 3 rings (SSSR count). The van der Waals surface area contributed by atoms with E-state index in [4.69, 9.17) is 0 Å². The van der Waals surface area contributed by atoms with Crippen molar-refractivity contribution in [3.05, 3.63) is 11.6 Å². The largest absolute Gasteiger partial charge is 0.348 e. The average molecular weight is 380 g/mol. The molecular weight excluding hydrogens is 346 g/mol. The lowest BCUT2D eigenvalue weighted by Gasteiger charge is -2.35. The highest BCUT2D eigenvalue weighted by atomic mass is 32.2. The van der Waals surface area contributed by atoms with E-state index >= 15 is 0 Å². The first kappa shape index (κ1) is 19.7. The Balaban J connectivity index is 1.27. The Bertz CT molecular complexity index is 509. The standard InChI is InChI=1S/C20H33N3O2S/c24-19(21-10-6-16-4-2-1-3-5-16)20(25)22-14-17-7-11-23(12-8-17)18-9-13-26-15-18/h4,17-18H,1-3,5-15H2,(H,21,24)(H,22,25). The van der Waals surface area contributed by atoms with Gasteiger partial charge in [-0.3, -0.25) is 14.5 Å². The van der Waals surface area contributed by atoms with Gasteiger partial charge in [0.25, 0.3) is 0 Å². The number of hydrogen-bond donors (Lipinski definition) is 2. The van der Waals surface area contributed by atoms with Crippen LogP contribution in [0.15, 0.2) is 11.6 Å². The van der Waals surface area contributed by atoms with Gasteiger partial charge in [0.05, 0.1) is 0 Å². The molecule has 0 radical (unpaired) electrons. The van der Waals surface area contributed by atoms with E-state index in [2.05, 4.69) is 33.4 Å². The maximum Gasteiger partial charge on any atom is 0.309 e. The molecule has 6 heteroatoms. The molecule has 5 nitrogen and oxygen atoms in total. The zero-order valence-electron chi connectivity index (χ0n) is 15.8. The van der Waals surface area contributed by atoms with Gasteiger partial charge in [-0.1, -0.05) is 11.6 Å². The molecule has 0 aromatic rings. The maximum atomic E-state index is 12.0. The maximum absolute atomic E-state index is 12.0. The fourth-order valence-corrected chi connectivity index (χ4v) is 5.45. The number of nitrogens with zero attached hydrogens (tertiary/aromatic N) is 1. The molecule has 1 unspecified atom stereocenters. The smallest absolute Gasteiger partial charge is 0.309 e. The highest BCUT2D eigenvalue weighted by molar-refractivity contribution is 7.99. The lowest BCUT2D eigenvalue weighted by atomic mass is 9.95. The Kier molecular flexibility index (Phi) is 7.86. The molecule has 26 heavy (non-hydrogen) atoms. The van der Waals surface area contributed by atoms with Crippen molar-refractivity contribution < 1.29 is 9.59 Å². The van der Waals surface area contributed by atoms with Crippen molar-refractivity contribution in [2.45, 2.75) is 57.4 Å². The van der Waals surface area contributed by atoms with E-state index in [1.165, 1.54) is 36.3 Å². The van der Waals surface area contributed by atoms with Crippen molar-refractivity contribution in [3.8, 4) is 0 Å². The topological polar surface area (TPSA) is 61.4 Å². The molecule has 0 saturated carbocycles. The first-order valence-corrected chi connectivity index (χ1v) is 11.4. The van der Waals surface area contributed by atoms with E-state index in [0.29, 0.717) is 19.0 Å². The molecule has 0 bridgehead atoms. The van der Waals surface area contributed by atoms with Crippen LogP contribution in [0, 0.1) is 5.92 Å². The van der Waals surface area contributed by atoms with Crippen LogP contribution in [0.25, 0.3) is 0 Å². The molecule has 1 aliphatic carbocycles. The van der Waals surface area contributed by atoms with E-state index in [-0.39, 0.29) is 0 Å². The fourth-order valence-electron chi connectivity index (χ4n) is 4.20. The van der Waals surface area contributed by atoms with Crippen LogP contribution in [0.2, 0.25) is 0 Å². The Morgan fingerprint density at radius 1 is 1.12 bits per heavy atom. The number of likely N-dealkylation sites (tertiary alicyclic amines) is 1. The lowest BCUT2D eigenvalue weighted by molar-refractivity contribution is -0.139. The first-order chi connectivity index (χ1) is 12.7. The molecular formula is C20H33N3O2S. The predicted molar refractivity (Wildman–Crippen MR) is 107 cm³/mol. The van der Waals surface area contributed by atoms with Gasteiger partial charge in [0.1, 0.15) is 0 Å². The number of rotatable bonds is 6. The summed E-state index contributed by atoms with van der Waals surface area (Å²) in [6.07, 6.45) is 11.5. The van der Waals surface area contributed by atoms with Crippen LogP contribution in [0.5, 0.6) is 0 Å². The number of nitrogens with one attached hydrogen (secondary N) is 2. The number of allylic oxidation sites excluding steroid dienone is 1. The monoisotopic (exact) mass is 379 g/mol. The molecule has 2 fully saturated rings. The van der Waals surface area contributed by atoms with Gasteiger partial charge in [0.15, 0.2) is 0 Å². The van der Waals surface area contributed by atoms with Crippen LogP contribution in [0.1, 0.15) is 51.4 Å². The summed E-state index contributed by atoms with van der Waals surface area (Å²) < 4.78 is 0. The summed E-state index contributed by atoms with van der Waals surface area (Å²) >= 11 is 2.06. The second-order valence-electron chi connectivity index (χ2n) is 7.82. The second kappa shape index (κ2) is 10.4. The van der Waals surface area contributed by atoms with Gasteiger partial charge in [-0.25, -0.2) is 0 Å². The molecule has 0 aromatic carbocycles. The van der Waals surface area contributed by atoms with Crippen molar-refractivity contribution >= 4 is 23.6 Å².